The SMILES string of the molecule is CCCNc1nc(C)c2c(N)nc(N)nc2n1. The standard InChI is InChI=1S/C10H15N7/c1-3-4-13-10-14-5(2)6-7(11)15-9(12)16-8(6)17-10/h3-4H2,1-2H3,(H5,11,12,13,14,15,16,17). The van der Waals surface area contributed by atoms with E-state index in [2.05, 4.69) is 32.2 Å². The van der Waals surface area contributed by atoms with Crippen molar-refractivity contribution in [1.82, 2.24) is 19.9 Å². The van der Waals surface area contributed by atoms with Crippen molar-refractivity contribution in [2.24, 2.45) is 0 Å². The third-order valence-electron chi connectivity index (χ3n) is 2.32. The second kappa shape index (κ2) is 4.36. The van der Waals surface area contributed by atoms with Crippen LogP contribution < -0.4 is 16.8 Å². The lowest BCUT2D eigenvalue weighted by molar-refractivity contribution is 0.950. The zero-order chi connectivity index (χ0) is 12.4. The molecule has 0 radical (unpaired) electrons. The highest BCUT2D eigenvalue weighted by Crippen LogP contribution is 2.21. The average molecular weight is 233 g/mol. The van der Waals surface area contributed by atoms with Gasteiger partial charge in [-0.2, -0.15) is 15.0 Å². The third-order valence-corrected chi connectivity index (χ3v) is 2.32. The summed E-state index contributed by atoms with van der Waals surface area (Å²) in [5.41, 5.74) is 12.5. The molecule has 0 aliphatic rings. The zero-order valence-corrected chi connectivity index (χ0v) is 9.86. The summed E-state index contributed by atoms with van der Waals surface area (Å²) >= 11 is 0. The molecular weight excluding hydrogens is 218 g/mol. The van der Waals surface area contributed by atoms with E-state index in [1.54, 1.807) is 0 Å². The van der Waals surface area contributed by atoms with Gasteiger partial charge in [-0.1, -0.05) is 6.92 Å². The van der Waals surface area contributed by atoms with Gasteiger partial charge in [0.05, 0.1) is 11.1 Å². The Balaban J connectivity index is 2.56. The van der Waals surface area contributed by atoms with Gasteiger partial charge >= 0.3 is 0 Å². The number of nitrogens with zero attached hydrogens (tertiary/aromatic N) is 4. The molecule has 2 aromatic heterocycles. The van der Waals surface area contributed by atoms with E-state index in [1.165, 1.54) is 0 Å². The minimum Gasteiger partial charge on any atom is -0.383 e. The molecule has 5 N–H and O–H groups in total. The third kappa shape index (κ3) is 2.17. The van der Waals surface area contributed by atoms with E-state index >= 15 is 0 Å². The number of nitrogens with two attached hydrogens (primary N) is 2. The molecule has 0 spiro atoms. The number of anilines is 3. The van der Waals surface area contributed by atoms with Gasteiger partial charge in [-0.05, 0) is 13.3 Å². The van der Waals surface area contributed by atoms with E-state index in [0.717, 1.165) is 18.7 Å². The zero-order valence-electron chi connectivity index (χ0n) is 9.86. The second-order valence-corrected chi connectivity index (χ2v) is 3.73. The minimum atomic E-state index is 0.120. The summed E-state index contributed by atoms with van der Waals surface area (Å²) in [5, 5.41) is 3.76. The number of fused-ring (bicyclic) bond motifs is 1. The van der Waals surface area contributed by atoms with Crippen molar-refractivity contribution >= 4 is 28.7 Å². The van der Waals surface area contributed by atoms with Gasteiger partial charge in [0.25, 0.3) is 0 Å². The van der Waals surface area contributed by atoms with Gasteiger partial charge in [0.15, 0.2) is 5.65 Å². The Morgan fingerprint density at radius 1 is 1.12 bits per heavy atom. The average Bonchev–Trinajstić information content (AvgIpc) is 2.24. The van der Waals surface area contributed by atoms with Crippen LogP contribution in [0.2, 0.25) is 0 Å². The summed E-state index contributed by atoms with van der Waals surface area (Å²) in [6, 6.07) is 0. The van der Waals surface area contributed by atoms with Gasteiger partial charge in [-0.3, -0.25) is 0 Å². The minimum absolute atomic E-state index is 0.120. The van der Waals surface area contributed by atoms with Crippen LogP contribution in [0.5, 0.6) is 0 Å². The van der Waals surface area contributed by atoms with E-state index in [-0.39, 0.29) is 5.95 Å². The van der Waals surface area contributed by atoms with Gasteiger partial charge in [0.1, 0.15) is 5.82 Å². The highest BCUT2D eigenvalue weighted by atomic mass is 15.1. The fourth-order valence-electron chi connectivity index (χ4n) is 1.57. The highest BCUT2D eigenvalue weighted by molar-refractivity contribution is 5.88. The molecule has 2 aromatic rings. The number of aryl methyl sites for hydroxylation is 1. The van der Waals surface area contributed by atoms with E-state index in [1.807, 2.05) is 6.92 Å². The van der Waals surface area contributed by atoms with Crippen LogP contribution in [-0.4, -0.2) is 26.5 Å². The molecule has 7 heteroatoms. The summed E-state index contributed by atoms with van der Waals surface area (Å²) in [6.07, 6.45) is 0.995. The normalized spacial score (nSPS) is 10.7. The molecule has 0 saturated carbocycles. The number of nitrogen functional groups attached to an aromatic ring is 2. The van der Waals surface area contributed by atoms with Crippen molar-refractivity contribution < 1.29 is 0 Å². The van der Waals surface area contributed by atoms with Crippen LogP contribution in [0.1, 0.15) is 19.0 Å². The van der Waals surface area contributed by atoms with Crippen molar-refractivity contribution in [2.75, 3.05) is 23.3 Å². The first kappa shape index (κ1) is 11.3. The lowest BCUT2D eigenvalue weighted by Gasteiger charge is -2.08. The molecule has 2 rings (SSSR count). The van der Waals surface area contributed by atoms with Crippen molar-refractivity contribution in [3.05, 3.63) is 5.69 Å². The molecule has 7 nitrogen and oxygen atoms in total. The Kier molecular flexibility index (Phi) is 2.90. The molecular formula is C10H15N7. The maximum absolute atomic E-state index is 5.78. The van der Waals surface area contributed by atoms with Crippen LogP contribution in [-0.2, 0) is 0 Å². The molecule has 0 atom stereocenters. The Labute approximate surface area is 98.7 Å². The topological polar surface area (TPSA) is 116 Å². The molecule has 0 fully saturated rings. The maximum atomic E-state index is 5.78. The number of hydrogen-bond donors (Lipinski definition) is 3. The number of nitrogens with one attached hydrogen (secondary N) is 1. The number of aromatic nitrogens is 4. The lowest BCUT2D eigenvalue weighted by atomic mass is 10.3. The summed E-state index contributed by atoms with van der Waals surface area (Å²) < 4.78 is 0. The Bertz CT molecular complexity index is 552. The van der Waals surface area contributed by atoms with Crippen LogP contribution >= 0.6 is 0 Å². The summed E-state index contributed by atoms with van der Waals surface area (Å²) in [5.74, 6) is 0.968. The second-order valence-electron chi connectivity index (χ2n) is 3.73. The number of hydrogen-bond acceptors (Lipinski definition) is 7. The summed E-state index contributed by atoms with van der Waals surface area (Å²) in [6.45, 7) is 4.72. The molecule has 0 saturated heterocycles. The van der Waals surface area contributed by atoms with Gasteiger partial charge in [-0.25, -0.2) is 4.98 Å². The molecule has 0 amide bonds. The molecule has 0 aromatic carbocycles. The van der Waals surface area contributed by atoms with E-state index in [9.17, 15) is 0 Å². The molecule has 0 aliphatic carbocycles. The van der Waals surface area contributed by atoms with Crippen LogP contribution in [0.3, 0.4) is 0 Å². The molecule has 0 bridgehead atoms. The van der Waals surface area contributed by atoms with Gasteiger partial charge in [0, 0.05) is 6.54 Å². The van der Waals surface area contributed by atoms with E-state index in [4.69, 9.17) is 11.5 Å². The van der Waals surface area contributed by atoms with Crippen LogP contribution in [0.15, 0.2) is 0 Å². The number of rotatable bonds is 3. The summed E-state index contributed by atoms with van der Waals surface area (Å²) in [4.78, 5) is 16.5. The largest absolute Gasteiger partial charge is 0.383 e. The van der Waals surface area contributed by atoms with Crippen molar-refractivity contribution in [3.8, 4) is 0 Å². The van der Waals surface area contributed by atoms with E-state index in [0.29, 0.717) is 22.8 Å². The Morgan fingerprint density at radius 3 is 2.59 bits per heavy atom. The van der Waals surface area contributed by atoms with Crippen LogP contribution in [0.25, 0.3) is 11.0 Å². The Hall–Kier alpha value is -2.18. The quantitative estimate of drug-likeness (QED) is 0.715. The fourth-order valence-corrected chi connectivity index (χ4v) is 1.57. The van der Waals surface area contributed by atoms with Crippen molar-refractivity contribution in [2.45, 2.75) is 20.3 Å². The lowest BCUT2D eigenvalue weighted by Crippen LogP contribution is -2.08. The molecule has 0 aliphatic heterocycles. The predicted octanol–water partition coefficient (Wildman–Crippen LogP) is 0.715. The fraction of sp³-hybridized carbons (Fsp3) is 0.400. The monoisotopic (exact) mass is 233 g/mol. The highest BCUT2D eigenvalue weighted by Gasteiger charge is 2.10. The van der Waals surface area contributed by atoms with Gasteiger partial charge in [-0.15, -0.1) is 0 Å². The van der Waals surface area contributed by atoms with Crippen molar-refractivity contribution in [3.63, 3.8) is 0 Å². The molecule has 17 heavy (non-hydrogen) atoms. The first-order chi connectivity index (χ1) is 8.11. The van der Waals surface area contributed by atoms with Crippen LogP contribution in [0, 0.1) is 6.92 Å². The molecule has 2 heterocycles. The first-order valence-electron chi connectivity index (χ1n) is 5.43. The summed E-state index contributed by atoms with van der Waals surface area (Å²) in [7, 11) is 0. The van der Waals surface area contributed by atoms with Gasteiger partial charge in [0.2, 0.25) is 11.9 Å². The van der Waals surface area contributed by atoms with Crippen LogP contribution in [0.4, 0.5) is 17.7 Å². The van der Waals surface area contributed by atoms with E-state index < -0.39 is 0 Å². The molecule has 90 valence electrons. The molecule has 0 unspecified atom stereocenters. The maximum Gasteiger partial charge on any atom is 0.224 e. The van der Waals surface area contributed by atoms with Gasteiger partial charge < -0.3 is 16.8 Å². The smallest absolute Gasteiger partial charge is 0.224 e. The Morgan fingerprint density at radius 2 is 1.88 bits per heavy atom. The predicted molar refractivity (Wildman–Crippen MR) is 67.5 cm³/mol. The first-order valence-corrected chi connectivity index (χ1v) is 5.43. The van der Waals surface area contributed by atoms with Crippen molar-refractivity contribution in [1.29, 1.82) is 0 Å².